The first-order chi connectivity index (χ1) is 7.35. The van der Waals surface area contributed by atoms with E-state index in [1.54, 1.807) is 7.11 Å². The molecule has 0 rings (SSSR count). The lowest BCUT2D eigenvalue weighted by molar-refractivity contribution is 0.0677. The summed E-state index contributed by atoms with van der Waals surface area (Å²) in [6.07, 6.45) is 4.77. The lowest BCUT2D eigenvalue weighted by atomic mass is 10.1. The molecule has 1 atom stereocenters. The maximum atomic E-state index is 5.42. The Bertz CT molecular complexity index is 120. The highest BCUT2D eigenvalue weighted by Crippen LogP contribution is 2.01. The fourth-order valence-corrected chi connectivity index (χ4v) is 1.48. The highest BCUT2D eigenvalue weighted by molar-refractivity contribution is 4.63. The molecule has 0 aliphatic heterocycles. The molecule has 0 heterocycles. The van der Waals surface area contributed by atoms with Crippen molar-refractivity contribution in [3.8, 4) is 0 Å². The molecule has 0 saturated carbocycles. The Kier molecular flexibility index (Phi) is 11.9. The second-order valence-corrected chi connectivity index (χ2v) is 3.81. The first-order valence-electron chi connectivity index (χ1n) is 6.15. The Morgan fingerprint density at radius 2 is 1.93 bits per heavy atom. The van der Waals surface area contributed by atoms with Crippen LogP contribution in [-0.4, -0.2) is 39.5 Å². The summed E-state index contributed by atoms with van der Waals surface area (Å²) < 4.78 is 10.3. The molecule has 1 N–H and O–H groups in total. The van der Waals surface area contributed by atoms with Crippen molar-refractivity contribution in [1.29, 1.82) is 0 Å². The summed E-state index contributed by atoms with van der Waals surface area (Å²) in [7, 11) is 1.70. The molecule has 0 spiro atoms. The van der Waals surface area contributed by atoms with Crippen molar-refractivity contribution < 1.29 is 9.47 Å². The van der Waals surface area contributed by atoms with Gasteiger partial charge in [0.2, 0.25) is 0 Å². The van der Waals surface area contributed by atoms with Crippen LogP contribution in [-0.2, 0) is 9.47 Å². The van der Waals surface area contributed by atoms with E-state index in [4.69, 9.17) is 9.47 Å². The fourth-order valence-electron chi connectivity index (χ4n) is 1.48. The molecule has 0 aromatic heterocycles. The van der Waals surface area contributed by atoms with Gasteiger partial charge in [-0.2, -0.15) is 0 Å². The van der Waals surface area contributed by atoms with Gasteiger partial charge in [0.15, 0.2) is 0 Å². The van der Waals surface area contributed by atoms with Gasteiger partial charge in [0.1, 0.15) is 0 Å². The molecule has 92 valence electrons. The maximum Gasteiger partial charge on any atom is 0.0700 e. The van der Waals surface area contributed by atoms with Crippen molar-refractivity contribution in [2.45, 2.75) is 45.6 Å². The number of hydrogen-bond donors (Lipinski definition) is 1. The Hall–Kier alpha value is -0.120. The molecule has 1 unspecified atom stereocenters. The third kappa shape index (κ3) is 10.2. The van der Waals surface area contributed by atoms with Crippen LogP contribution >= 0.6 is 0 Å². The zero-order valence-corrected chi connectivity index (χ0v) is 10.6. The van der Waals surface area contributed by atoms with Gasteiger partial charge in [-0.3, -0.25) is 0 Å². The summed E-state index contributed by atoms with van der Waals surface area (Å²) >= 11 is 0. The Balaban J connectivity index is 3.22. The van der Waals surface area contributed by atoms with Gasteiger partial charge in [0.05, 0.1) is 13.2 Å². The van der Waals surface area contributed by atoms with E-state index in [1.165, 1.54) is 19.3 Å². The van der Waals surface area contributed by atoms with Crippen LogP contribution in [0, 0.1) is 0 Å². The molecule has 0 aromatic carbocycles. The molecule has 3 nitrogen and oxygen atoms in total. The average molecular weight is 217 g/mol. The lowest BCUT2D eigenvalue weighted by Gasteiger charge is -2.16. The molecule has 0 aliphatic carbocycles. The van der Waals surface area contributed by atoms with Crippen molar-refractivity contribution in [3.63, 3.8) is 0 Å². The predicted molar refractivity (Wildman–Crippen MR) is 64.3 cm³/mol. The summed E-state index contributed by atoms with van der Waals surface area (Å²) in [4.78, 5) is 0. The zero-order chi connectivity index (χ0) is 11.4. The molecule has 0 aliphatic rings. The largest absolute Gasteiger partial charge is 0.382 e. The smallest absolute Gasteiger partial charge is 0.0700 e. The van der Waals surface area contributed by atoms with E-state index >= 15 is 0 Å². The van der Waals surface area contributed by atoms with Gasteiger partial charge in [-0.05, 0) is 32.2 Å². The fraction of sp³-hybridized carbons (Fsp3) is 1.00. The van der Waals surface area contributed by atoms with Gasteiger partial charge in [-0.25, -0.2) is 0 Å². The van der Waals surface area contributed by atoms with Crippen LogP contribution in [0.4, 0.5) is 0 Å². The van der Waals surface area contributed by atoms with E-state index < -0.39 is 0 Å². The van der Waals surface area contributed by atoms with Crippen LogP contribution in [0.3, 0.4) is 0 Å². The first-order valence-corrected chi connectivity index (χ1v) is 6.15. The molecular formula is C12H27NO2. The summed E-state index contributed by atoms with van der Waals surface area (Å²) in [5, 5.41) is 3.54. The average Bonchev–Trinajstić information content (AvgIpc) is 2.27. The molecule has 0 radical (unpaired) electrons. The molecular weight excluding hydrogens is 190 g/mol. The van der Waals surface area contributed by atoms with Crippen LogP contribution in [0.25, 0.3) is 0 Å². The van der Waals surface area contributed by atoms with Crippen LogP contribution in [0.5, 0.6) is 0 Å². The zero-order valence-electron chi connectivity index (χ0n) is 10.6. The quantitative estimate of drug-likeness (QED) is 0.538. The van der Waals surface area contributed by atoms with Crippen molar-refractivity contribution in [3.05, 3.63) is 0 Å². The van der Waals surface area contributed by atoms with Crippen molar-refractivity contribution in [1.82, 2.24) is 5.32 Å². The van der Waals surface area contributed by atoms with E-state index in [2.05, 4.69) is 19.2 Å². The topological polar surface area (TPSA) is 30.5 Å². The van der Waals surface area contributed by atoms with E-state index in [0.29, 0.717) is 12.6 Å². The van der Waals surface area contributed by atoms with Gasteiger partial charge in [0, 0.05) is 19.8 Å². The molecule has 0 fully saturated rings. The highest BCUT2D eigenvalue weighted by atomic mass is 16.5. The first kappa shape index (κ1) is 14.9. The third-order valence-electron chi connectivity index (χ3n) is 2.45. The van der Waals surface area contributed by atoms with Crippen molar-refractivity contribution >= 4 is 0 Å². The van der Waals surface area contributed by atoms with Crippen LogP contribution in [0.2, 0.25) is 0 Å². The van der Waals surface area contributed by atoms with E-state index in [9.17, 15) is 0 Å². The number of methoxy groups -OCH3 is 1. The Morgan fingerprint density at radius 1 is 1.13 bits per heavy atom. The second kappa shape index (κ2) is 12.0. The Morgan fingerprint density at radius 3 is 2.53 bits per heavy atom. The van der Waals surface area contributed by atoms with Gasteiger partial charge in [-0.15, -0.1) is 0 Å². The van der Waals surface area contributed by atoms with E-state index in [1.807, 2.05) is 0 Å². The SMILES string of the molecule is CCCNC(CC)CCCOCCOC. The predicted octanol–water partition coefficient (Wildman–Crippen LogP) is 2.21. The number of nitrogens with one attached hydrogen (secondary N) is 1. The monoisotopic (exact) mass is 217 g/mol. The minimum absolute atomic E-state index is 0.663. The molecule has 0 bridgehead atoms. The summed E-state index contributed by atoms with van der Waals surface area (Å²) in [6.45, 7) is 7.84. The molecule has 3 heteroatoms. The Labute approximate surface area is 94.5 Å². The molecule has 0 amide bonds. The maximum absolute atomic E-state index is 5.42. The van der Waals surface area contributed by atoms with E-state index in [-0.39, 0.29) is 0 Å². The third-order valence-corrected chi connectivity index (χ3v) is 2.45. The second-order valence-electron chi connectivity index (χ2n) is 3.81. The summed E-state index contributed by atoms with van der Waals surface area (Å²) in [5.41, 5.74) is 0. The highest BCUT2D eigenvalue weighted by Gasteiger charge is 2.03. The van der Waals surface area contributed by atoms with Gasteiger partial charge in [-0.1, -0.05) is 13.8 Å². The van der Waals surface area contributed by atoms with Crippen molar-refractivity contribution in [2.75, 3.05) is 33.5 Å². The summed E-state index contributed by atoms with van der Waals surface area (Å²) in [5.74, 6) is 0. The normalized spacial score (nSPS) is 13.0. The summed E-state index contributed by atoms with van der Waals surface area (Å²) in [6, 6.07) is 0.663. The lowest BCUT2D eigenvalue weighted by Crippen LogP contribution is -2.29. The number of hydrogen-bond acceptors (Lipinski definition) is 3. The van der Waals surface area contributed by atoms with Crippen molar-refractivity contribution in [2.24, 2.45) is 0 Å². The van der Waals surface area contributed by atoms with Crippen LogP contribution < -0.4 is 5.32 Å². The van der Waals surface area contributed by atoms with Crippen LogP contribution in [0.15, 0.2) is 0 Å². The van der Waals surface area contributed by atoms with Crippen LogP contribution in [0.1, 0.15) is 39.5 Å². The standard InChI is InChI=1S/C12H27NO2/c1-4-8-13-12(5-2)7-6-9-15-11-10-14-3/h12-13H,4-11H2,1-3H3. The molecule has 0 saturated heterocycles. The van der Waals surface area contributed by atoms with Gasteiger partial charge < -0.3 is 14.8 Å². The van der Waals surface area contributed by atoms with Gasteiger partial charge >= 0.3 is 0 Å². The molecule has 0 aromatic rings. The van der Waals surface area contributed by atoms with Gasteiger partial charge in [0.25, 0.3) is 0 Å². The molecule has 15 heavy (non-hydrogen) atoms. The minimum atomic E-state index is 0.663. The number of ether oxygens (including phenoxy) is 2. The minimum Gasteiger partial charge on any atom is -0.382 e. The number of rotatable bonds is 11. The van der Waals surface area contributed by atoms with E-state index in [0.717, 1.165) is 26.2 Å².